The molecule has 0 heterocycles. The van der Waals surface area contributed by atoms with Crippen LogP contribution in [0.25, 0.3) is 0 Å². The predicted octanol–water partition coefficient (Wildman–Crippen LogP) is 4.47. The zero-order valence-electron chi connectivity index (χ0n) is 12.0. The molecule has 106 valence electrons. The molecule has 3 nitrogen and oxygen atoms in total. The van der Waals surface area contributed by atoms with Crippen molar-refractivity contribution in [2.45, 2.75) is 45.6 Å². The van der Waals surface area contributed by atoms with E-state index in [0.717, 1.165) is 10.9 Å². The van der Waals surface area contributed by atoms with Crippen LogP contribution in [0.3, 0.4) is 0 Å². The van der Waals surface area contributed by atoms with Crippen LogP contribution in [0.5, 0.6) is 0 Å². The van der Waals surface area contributed by atoms with Crippen LogP contribution in [0.1, 0.15) is 45.6 Å². The molecule has 19 heavy (non-hydrogen) atoms. The Labute approximate surface area is 123 Å². The molecule has 1 rings (SSSR count). The summed E-state index contributed by atoms with van der Waals surface area (Å²) in [5, 5.41) is 2.78. The minimum atomic E-state index is -0.443. The molecule has 0 saturated carbocycles. The third-order valence-corrected chi connectivity index (χ3v) is 3.21. The Morgan fingerprint density at radius 3 is 2.42 bits per heavy atom. The van der Waals surface area contributed by atoms with E-state index >= 15 is 0 Å². The summed E-state index contributed by atoms with van der Waals surface area (Å²) >= 11 is 3.42. The Kier molecular flexibility index (Phi) is 5.85. The summed E-state index contributed by atoms with van der Waals surface area (Å²) in [7, 11) is 0. The normalized spacial score (nSPS) is 12.9. The number of carbonyl (C=O) groups is 1. The number of alkyl carbamates (subject to hydrolysis) is 1. The van der Waals surface area contributed by atoms with Crippen LogP contribution in [0.2, 0.25) is 0 Å². The van der Waals surface area contributed by atoms with Crippen molar-refractivity contribution in [3.05, 3.63) is 34.3 Å². The van der Waals surface area contributed by atoms with Crippen molar-refractivity contribution in [3.63, 3.8) is 0 Å². The van der Waals surface area contributed by atoms with Crippen molar-refractivity contribution < 1.29 is 9.53 Å². The first-order valence-electron chi connectivity index (χ1n) is 6.50. The summed E-state index contributed by atoms with van der Waals surface area (Å²) in [6.07, 6.45) is 0.538. The Bertz CT molecular complexity index is 409. The molecule has 0 aromatic heterocycles. The van der Waals surface area contributed by atoms with Crippen LogP contribution >= 0.6 is 15.9 Å². The van der Waals surface area contributed by atoms with Crippen molar-refractivity contribution in [3.8, 4) is 0 Å². The summed E-state index contributed by atoms with van der Waals surface area (Å²) in [5.41, 5.74) is 0.829. The second-order valence-corrected chi connectivity index (χ2v) is 6.59. The Morgan fingerprint density at radius 2 is 1.89 bits per heavy atom. The van der Waals surface area contributed by atoms with Gasteiger partial charge in [-0.1, -0.05) is 35.0 Å². The average Bonchev–Trinajstić information content (AvgIpc) is 2.27. The number of rotatable bonds is 4. The number of halogens is 1. The van der Waals surface area contributed by atoms with Gasteiger partial charge in [-0.3, -0.25) is 0 Å². The maximum absolute atomic E-state index is 11.5. The van der Waals surface area contributed by atoms with Crippen molar-refractivity contribution in [2.24, 2.45) is 0 Å². The standard InChI is InChI=1S/C15H22BrNO2/c1-11(12-5-7-13(16)8-6-12)9-10-17-14(18)19-15(2,3)4/h5-8,11H,9-10H2,1-4H3,(H,17,18). The van der Waals surface area contributed by atoms with Gasteiger partial charge in [0.2, 0.25) is 0 Å². The first kappa shape index (κ1) is 16.0. The van der Waals surface area contributed by atoms with E-state index in [4.69, 9.17) is 4.74 Å². The molecule has 0 fully saturated rings. The molecule has 1 aromatic carbocycles. The molecule has 1 unspecified atom stereocenters. The first-order valence-corrected chi connectivity index (χ1v) is 7.29. The third-order valence-electron chi connectivity index (χ3n) is 2.68. The minimum absolute atomic E-state index is 0.351. The molecule has 1 atom stereocenters. The predicted molar refractivity (Wildman–Crippen MR) is 81.4 cm³/mol. The summed E-state index contributed by atoms with van der Waals surface area (Å²) in [6.45, 7) is 8.34. The SMILES string of the molecule is CC(CCNC(=O)OC(C)(C)C)c1ccc(Br)cc1. The van der Waals surface area contributed by atoms with Crippen molar-refractivity contribution in [2.75, 3.05) is 6.54 Å². The van der Waals surface area contributed by atoms with Gasteiger partial charge < -0.3 is 10.1 Å². The van der Waals surface area contributed by atoms with E-state index in [1.54, 1.807) is 0 Å². The highest BCUT2D eigenvalue weighted by Crippen LogP contribution is 2.20. The zero-order chi connectivity index (χ0) is 14.5. The highest BCUT2D eigenvalue weighted by atomic mass is 79.9. The molecule has 1 aromatic rings. The molecular formula is C15H22BrNO2. The fourth-order valence-corrected chi connectivity index (χ4v) is 1.93. The monoisotopic (exact) mass is 327 g/mol. The number of ether oxygens (including phenoxy) is 1. The molecule has 0 spiro atoms. The van der Waals surface area contributed by atoms with E-state index in [0.29, 0.717) is 12.5 Å². The smallest absolute Gasteiger partial charge is 0.407 e. The second-order valence-electron chi connectivity index (χ2n) is 5.67. The van der Waals surface area contributed by atoms with E-state index in [1.165, 1.54) is 5.56 Å². The van der Waals surface area contributed by atoms with Gasteiger partial charge in [-0.05, 0) is 50.8 Å². The molecule has 1 amide bonds. The average molecular weight is 328 g/mol. The lowest BCUT2D eigenvalue weighted by Gasteiger charge is -2.20. The van der Waals surface area contributed by atoms with Crippen LogP contribution in [0.4, 0.5) is 4.79 Å². The fraction of sp³-hybridized carbons (Fsp3) is 0.533. The molecule has 1 N–H and O–H groups in total. The molecule has 0 bridgehead atoms. The van der Waals surface area contributed by atoms with E-state index in [1.807, 2.05) is 32.9 Å². The molecule has 0 radical (unpaired) electrons. The lowest BCUT2D eigenvalue weighted by atomic mass is 9.98. The molecule has 0 aliphatic carbocycles. The Morgan fingerprint density at radius 1 is 1.32 bits per heavy atom. The number of amides is 1. The minimum Gasteiger partial charge on any atom is -0.444 e. The molecule has 0 saturated heterocycles. The van der Waals surface area contributed by atoms with Gasteiger partial charge in [-0.2, -0.15) is 0 Å². The third kappa shape index (κ3) is 6.62. The molecule has 4 heteroatoms. The number of hydrogen-bond acceptors (Lipinski definition) is 2. The van der Waals surface area contributed by atoms with Gasteiger partial charge in [0, 0.05) is 11.0 Å². The Balaban J connectivity index is 2.33. The van der Waals surface area contributed by atoms with Gasteiger partial charge in [0.1, 0.15) is 5.60 Å². The van der Waals surface area contributed by atoms with Crippen LogP contribution in [0.15, 0.2) is 28.7 Å². The topological polar surface area (TPSA) is 38.3 Å². The van der Waals surface area contributed by atoms with Crippen molar-refractivity contribution in [1.29, 1.82) is 0 Å². The summed E-state index contributed by atoms with van der Waals surface area (Å²) < 4.78 is 6.26. The highest BCUT2D eigenvalue weighted by Gasteiger charge is 2.15. The van der Waals surface area contributed by atoms with Gasteiger partial charge in [-0.15, -0.1) is 0 Å². The van der Waals surface area contributed by atoms with Crippen LogP contribution in [-0.4, -0.2) is 18.2 Å². The van der Waals surface area contributed by atoms with E-state index in [-0.39, 0.29) is 6.09 Å². The highest BCUT2D eigenvalue weighted by molar-refractivity contribution is 9.10. The van der Waals surface area contributed by atoms with Crippen molar-refractivity contribution >= 4 is 22.0 Å². The van der Waals surface area contributed by atoms with Crippen molar-refractivity contribution in [1.82, 2.24) is 5.32 Å². The summed E-state index contributed by atoms with van der Waals surface area (Å²) in [4.78, 5) is 11.5. The number of carbonyl (C=O) groups excluding carboxylic acids is 1. The second kappa shape index (κ2) is 6.94. The first-order chi connectivity index (χ1) is 8.78. The van der Waals surface area contributed by atoms with E-state index in [2.05, 4.69) is 40.3 Å². The molecule has 0 aliphatic heterocycles. The van der Waals surface area contributed by atoms with Gasteiger partial charge in [0.05, 0.1) is 0 Å². The number of nitrogens with one attached hydrogen (secondary N) is 1. The van der Waals surface area contributed by atoms with Crippen LogP contribution < -0.4 is 5.32 Å². The van der Waals surface area contributed by atoms with Gasteiger partial charge in [0.15, 0.2) is 0 Å². The van der Waals surface area contributed by atoms with E-state index < -0.39 is 5.60 Å². The van der Waals surface area contributed by atoms with Gasteiger partial charge >= 0.3 is 6.09 Å². The fourth-order valence-electron chi connectivity index (χ4n) is 1.66. The lowest BCUT2D eigenvalue weighted by Crippen LogP contribution is -2.33. The van der Waals surface area contributed by atoms with Crippen LogP contribution in [-0.2, 0) is 4.74 Å². The maximum Gasteiger partial charge on any atom is 0.407 e. The van der Waals surface area contributed by atoms with Gasteiger partial charge in [0.25, 0.3) is 0 Å². The zero-order valence-corrected chi connectivity index (χ0v) is 13.6. The molecular weight excluding hydrogens is 306 g/mol. The largest absolute Gasteiger partial charge is 0.444 e. The summed E-state index contributed by atoms with van der Waals surface area (Å²) in [5.74, 6) is 0.406. The van der Waals surface area contributed by atoms with Gasteiger partial charge in [-0.25, -0.2) is 4.79 Å². The molecule has 0 aliphatic rings. The number of hydrogen-bond donors (Lipinski definition) is 1. The summed E-state index contributed by atoms with van der Waals surface area (Å²) in [6, 6.07) is 8.27. The quantitative estimate of drug-likeness (QED) is 0.886. The number of benzene rings is 1. The lowest BCUT2D eigenvalue weighted by molar-refractivity contribution is 0.0526. The van der Waals surface area contributed by atoms with Crippen LogP contribution in [0, 0.1) is 0 Å². The van der Waals surface area contributed by atoms with E-state index in [9.17, 15) is 4.79 Å². The maximum atomic E-state index is 11.5. The Hall–Kier alpha value is -1.03.